The summed E-state index contributed by atoms with van der Waals surface area (Å²) in [4.78, 5) is 2.77. The number of methoxy groups -OCH3 is 1. The van der Waals surface area contributed by atoms with E-state index in [4.69, 9.17) is 4.74 Å². The van der Waals surface area contributed by atoms with E-state index in [0.29, 0.717) is 6.10 Å². The van der Waals surface area contributed by atoms with Gasteiger partial charge in [0.25, 0.3) is 0 Å². The van der Waals surface area contributed by atoms with Gasteiger partial charge in [0.15, 0.2) is 0 Å². The van der Waals surface area contributed by atoms with Gasteiger partial charge in [-0.3, -0.25) is 4.90 Å². The molecule has 3 heteroatoms. The van der Waals surface area contributed by atoms with Gasteiger partial charge < -0.3 is 10.1 Å². The van der Waals surface area contributed by atoms with Crippen molar-refractivity contribution in [3.63, 3.8) is 0 Å². The Hall–Kier alpha value is -0.120. The Balaban J connectivity index is 1.46. The largest absolute Gasteiger partial charge is 0.381 e. The molecule has 1 heterocycles. The monoisotopic (exact) mass is 266 g/mol. The van der Waals surface area contributed by atoms with Gasteiger partial charge in [0.1, 0.15) is 0 Å². The molecule has 110 valence electrons. The van der Waals surface area contributed by atoms with Gasteiger partial charge >= 0.3 is 0 Å². The van der Waals surface area contributed by atoms with Crippen LogP contribution in [-0.4, -0.2) is 49.8 Å². The molecule has 0 aromatic carbocycles. The van der Waals surface area contributed by atoms with Gasteiger partial charge in [-0.25, -0.2) is 0 Å². The van der Waals surface area contributed by atoms with Crippen LogP contribution in [0, 0.1) is 5.92 Å². The highest BCUT2D eigenvalue weighted by Crippen LogP contribution is 2.29. The molecular formula is C16H30N2O. The smallest absolute Gasteiger partial charge is 0.0586 e. The third-order valence-electron chi connectivity index (χ3n) is 5.27. The van der Waals surface area contributed by atoms with E-state index in [9.17, 15) is 0 Å². The zero-order valence-corrected chi connectivity index (χ0v) is 12.4. The van der Waals surface area contributed by atoms with Gasteiger partial charge in [0.2, 0.25) is 0 Å². The summed E-state index contributed by atoms with van der Waals surface area (Å²) in [5, 5.41) is 3.72. The molecule has 3 aliphatic rings. The zero-order valence-electron chi connectivity index (χ0n) is 12.4. The minimum absolute atomic E-state index is 0.517. The van der Waals surface area contributed by atoms with Crippen LogP contribution in [0.1, 0.15) is 51.4 Å². The molecule has 3 unspecified atom stereocenters. The van der Waals surface area contributed by atoms with Gasteiger partial charge in [-0.2, -0.15) is 0 Å². The highest BCUT2D eigenvalue weighted by molar-refractivity contribution is 4.87. The molecule has 0 radical (unpaired) electrons. The van der Waals surface area contributed by atoms with Crippen molar-refractivity contribution >= 4 is 0 Å². The van der Waals surface area contributed by atoms with Crippen LogP contribution in [-0.2, 0) is 4.74 Å². The summed E-state index contributed by atoms with van der Waals surface area (Å²) in [6.07, 6.45) is 11.4. The Labute approximate surface area is 118 Å². The van der Waals surface area contributed by atoms with Crippen LogP contribution >= 0.6 is 0 Å². The van der Waals surface area contributed by atoms with Crippen molar-refractivity contribution in [2.24, 2.45) is 5.92 Å². The standard InChI is InChI=1S/C16H30N2O/c1-19-16-6-2-5-15(10-16)18-9-3-4-13(12-18)11-17-14-7-8-14/h13-17H,2-12H2,1H3. The lowest BCUT2D eigenvalue weighted by atomic mass is 9.88. The average Bonchev–Trinajstić information content (AvgIpc) is 3.30. The van der Waals surface area contributed by atoms with Crippen LogP contribution < -0.4 is 5.32 Å². The highest BCUT2D eigenvalue weighted by atomic mass is 16.5. The minimum Gasteiger partial charge on any atom is -0.381 e. The molecule has 0 amide bonds. The first-order valence-corrected chi connectivity index (χ1v) is 8.35. The maximum Gasteiger partial charge on any atom is 0.0586 e. The van der Waals surface area contributed by atoms with Crippen molar-refractivity contribution in [1.82, 2.24) is 10.2 Å². The number of piperidine rings is 1. The van der Waals surface area contributed by atoms with Crippen LogP contribution in [0.5, 0.6) is 0 Å². The van der Waals surface area contributed by atoms with Crippen molar-refractivity contribution in [2.75, 3.05) is 26.7 Å². The Morgan fingerprint density at radius 2 is 2.00 bits per heavy atom. The summed E-state index contributed by atoms with van der Waals surface area (Å²) in [7, 11) is 1.88. The van der Waals surface area contributed by atoms with E-state index in [-0.39, 0.29) is 0 Å². The van der Waals surface area contributed by atoms with Crippen LogP contribution in [0.25, 0.3) is 0 Å². The summed E-state index contributed by atoms with van der Waals surface area (Å²) in [5.41, 5.74) is 0. The lowest BCUT2D eigenvalue weighted by Gasteiger charge is -2.41. The normalized spacial score (nSPS) is 37.4. The number of likely N-dealkylation sites (tertiary alicyclic amines) is 1. The van der Waals surface area contributed by atoms with Crippen molar-refractivity contribution in [1.29, 1.82) is 0 Å². The Morgan fingerprint density at radius 3 is 2.79 bits per heavy atom. The predicted molar refractivity (Wildman–Crippen MR) is 78.4 cm³/mol. The third-order valence-corrected chi connectivity index (χ3v) is 5.27. The molecule has 2 saturated carbocycles. The number of rotatable bonds is 5. The quantitative estimate of drug-likeness (QED) is 0.827. The molecule has 1 aliphatic heterocycles. The lowest BCUT2D eigenvalue weighted by molar-refractivity contribution is 0.0150. The fraction of sp³-hybridized carbons (Fsp3) is 1.00. The number of nitrogens with zero attached hydrogens (tertiary/aromatic N) is 1. The molecular weight excluding hydrogens is 236 g/mol. The second-order valence-corrected chi connectivity index (χ2v) is 6.86. The Morgan fingerprint density at radius 1 is 1.11 bits per heavy atom. The van der Waals surface area contributed by atoms with Gasteiger partial charge in [-0.1, -0.05) is 0 Å². The molecule has 1 N–H and O–H groups in total. The van der Waals surface area contributed by atoms with E-state index in [0.717, 1.165) is 18.0 Å². The summed E-state index contributed by atoms with van der Waals surface area (Å²) in [5.74, 6) is 0.886. The molecule has 3 nitrogen and oxygen atoms in total. The first kappa shape index (κ1) is 13.8. The van der Waals surface area contributed by atoms with Gasteiger partial charge in [0.05, 0.1) is 6.10 Å². The summed E-state index contributed by atoms with van der Waals surface area (Å²) < 4.78 is 5.59. The second kappa shape index (κ2) is 6.55. The molecule has 2 aliphatic carbocycles. The molecule has 1 saturated heterocycles. The summed E-state index contributed by atoms with van der Waals surface area (Å²) in [6.45, 7) is 3.89. The number of nitrogens with one attached hydrogen (secondary N) is 1. The van der Waals surface area contributed by atoms with Gasteiger partial charge in [-0.05, 0) is 70.4 Å². The maximum atomic E-state index is 5.59. The van der Waals surface area contributed by atoms with E-state index in [1.807, 2.05) is 7.11 Å². The lowest BCUT2D eigenvalue weighted by Crippen LogP contribution is -2.47. The van der Waals surface area contributed by atoms with E-state index in [1.165, 1.54) is 71.0 Å². The molecule has 19 heavy (non-hydrogen) atoms. The highest BCUT2D eigenvalue weighted by Gasteiger charge is 2.31. The second-order valence-electron chi connectivity index (χ2n) is 6.86. The average molecular weight is 266 g/mol. The van der Waals surface area contributed by atoms with Gasteiger partial charge in [-0.15, -0.1) is 0 Å². The maximum absolute atomic E-state index is 5.59. The van der Waals surface area contributed by atoms with Crippen molar-refractivity contribution < 1.29 is 4.74 Å². The fourth-order valence-corrected chi connectivity index (χ4v) is 3.88. The van der Waals surface area contributed by atoms with E-state index in [2.05, 4.69) is 10.2 Å². The van der Waals surface area contributed by atoms with Crippen molar-refractivity contribution in [3.05, 3.63) is 0 Å². The van der Waals surface area contributed by atoms with Crippen LogP contribution in [0.15, 0.2) is 0 Å². The van der Waals surface area contributed by atoms with Crippen LogP contribution in [0.4, 0.5) is 0 Å². The van der Waals surface area contributed by atoms with Crippen molar-refractivity contribution in [3.8, 4) is 0 Å². The third kappa shape index (κ3) is 3.93. The molecule has 0 spiro atoms. The first-order valence-electron chi connectivity index (χ1n) is 8.35. The summed E-state index contributed by atoms with van der Waals surface area (Å²) in [6, 6.07) is 1.66. The molecule has 0 bridgehead atoms. The van der Waals surface area contributed by atoms with Crippen LogP contribution in [0.3, 0.4) is 0 Å². The van der Waals surface area contributed by atoms with Gasteiger partial charge in [0, 0.05) is 25.7 Å². The topological polar surface area (TPSA) is 24.5 Å². The fourth-order valence-electron chi connectivity index (χ4n) is 3.88. The zero-order chi connectivity index (χ0) is 13.1. The van der Waals surface area contributed by atoms with Crippen molar-refractivity contribution in [2.45, 2.75) is 69.6 Å². The molecule has 0 aromatic rings. The first-order chi connectivity index (χ1) is 9.35. The molecule has 3 atom stereocenters. The predicted octanol–water partition coefficient (Wildman–Crippen LogP) is 2.41. The SMILES string of the molecule is COC1CCCC(N2CCCC(CNC3CC3)C2)C1. The number of hydrogen-bond donors (Lipinski definition) is 1. The van der Waals surface area contributed by atoms with E-state index < -0.39 is 0 Å². The minimum atomic E-state index is 0.517. The number of hydrogen-bond acceptors (Lipinski definition) is 3. The Kier molecular flexibility index (Phi) is 4.78. The molecule has 3 fully saturated rings. The molecule has 3 rings (SSSR count). The van der Waals surface area contributed by atoms with E-state index >= 15 is 0 Å². The van der Waals surface area contributed by atoms with E-state index in [1.54, 1.807) is 0 Å². The number of ether oxygens (including phenoxy) is 1. The molecule has 0 aromatic heterocycles. The summed E-state index contributed by atoms with van der Waals surface area (Å²) >= 11 is 0. The Bertz CT molecular complexity index is 280. The van der Waals surface area contributed by atoms with Crippen LogP contribution in [0.2, 0.25) is 0 Å².